The van der Waals surface area contributed by atoms with Gasteiger partial charge in [0.05, 0.1) is 5.69 Å². The van der Waals surface area contributed by atoms with E-state index in [1.54, 1.807) is 42.0 Å². The Balaban J connectivity index is 1.43. The quantitative estimate of drug-likeness (QED) is 0.568. The molecule has 7 nitrogen and oxygen atoms in total. The zero-order valence-electron chi connectivity index (χ0n) is 21.6. The summed E-state index contributed by atoms with van der Waals surface area (Å²) in [5, 5.41) is 0. The fraction of sp³-hybridized carbons (Fsp3) is 0.345. The Morgan fingerprint density at radius 3 is 2.47 bits per heavy atom. The molecule has 36 heavy (non-hydrogen) atoms. The molecule has 1 aliphatic rings. The summed E-state index contributed by atoms with van der Waals surface area (Å²) < 4.78 is 1.62. The van der Waals surface area contributed by atoms with Gasteiger partial charge in [0.2, 0.25) is 0 Å². The van der Waals surface area contributed by atoms with Crippen LogP contribution in [0.15, 0.2) is 65.2 Å². The van der Waals surface area contributed by atoms with Gasteiger partial charge in [-0.15, -0.1) is 0 Å². The van der Waals surface area contributed by atoms with Crippen molar-refractivity contribution in [3.05, 3.63) is 93.2 Å². The Bertz CT molecular complexity index is 1320. The predicted octanol–water partition coefficient (Wildman–Crippen LogP) is 4.11. The second-order valence-electron chi connectivity index (χ2n) is 9.86. The normalized spacial score (nSPS) is 15.2. The number of rotatable bonds is 6. The fourth-order valence-electron chi connectivity index (χ4n) is 4.87. The number of benzene rings is 1. The van der Waals surface area contributed by atoms with Gasteiger partial charge in [-0.25, -0.2) is 0 Å². The number of nitrogens with two attached hydrogens (primary N) is 1. The molecular formula is C29H35N5O2. The van der Waals surface area contributed by atoms with Crippen LogP contribution in [0.4, 0.5) is 5.69 Å². The van der Waals surface area contributed by atoms with Crippen molar-refractivity contribution in [2.75, 3.05) is 39.5 Å². The van der Waals surface area contributed by atoms with Crippen LogP contribution in [0.1, 0.15) is 52.9 Å². The SMILES string of the molecule is C/C(=C\c1c(-n2ccc(N)cc2=O)ccnc1C)CN1CCC(c2ccc(C(=O)N(C)C)cc2)CC1. The van der Waals surface area contributed by atoms with E-state index in [0.29, 0.717) is 11.6 Å². The van der Waals surface area contributed by atoms with E-state index in [9.17, 15) is 9.59 Å². The maximum absolute atomic E-state index is 12.6. The number of likely N-dealkylation sites (tertiary alicyclic amines) is 1. The molecule has 0 saturated carbocycles. The molecule has 2 N–H and O–H groups in total. The number of hydrogen-bond acceptors (Lipinski definition) is 5. The number of carbonyl (C=O) groups is 1. The molecule has 0 atom stereocenters. The second-order valence-corrected chi connectivity index (χ2v) is 9.86. The third-order valence-electron chi connectivity index (χ3n) is 6.86. The van der Waals surface area contributed by atoms with Crippen LogP contribution in [0.25, 0.3) is 11.8 Å². The standard InChI is InChI=1S/C29H35N5O2/c1-20(17-26-21(2)31-13-9-27(26)34-16-12-25(30)18-28(34)35)19-33-14-10-23(11-15-33)22-5-7-24(8-6-22)29(36)32(3)4/h5-9,12-13,16-18,23H,10-11,14-15,19,30H2,1-4H3/b20-17+. The van der Waals surface area contributed by atoms with Crippen LogP contribution in [0, 0.1) is 6.92 Å². The molecular weight excluding hydrogens is 450 g/mol. The maximum atomic E-state index is 12.6. The first-order chi connectivity index (χ1) is 17.2. The van der Waals surface area contributed by atoms with Crippen molar-refractivity contribution in [1.82, 2.24) is 19.4 Å². The van der Waals surface area contributed by atoms with Crippen LogP contribution in [0.5, 0.6) is 0 Å². The van der Waals surface area contributed by atoms with Gasteiger partial charge in [-0.1, -0.05) is 23.8 Å². The molecule has 0 unspecified atom stereocenters. The summed E-state index contributed by atoms with van der Waals surface area (Å²) in [7, 11) is 3.55. The second kappa shape index (κ2) is 10.9. The lowest BCUT2D eigenvalue weighted by Gasteiger charge is -2.32. The molecule has 3 heterocycles. The van der Waals surface area contributed by atoms with Crippen LogP contribution >= 0.6 is 0 Å². The van der Waals surface area contributed by atoms with E-state index in [4.69, 9.17) is 5.73 Å². The minimum absolute atomic E-state index is 0.0342. The van der Waals surface area contributed by atoms with Crippen LogP contribution in [0.3, 0.4) is 0 Å². The first-order valence-corrected chi connectivity index (χ1v) is 12.4. The van der Waals surface area contributed by atoms with Gasteiger partial charge in [0.25, 0.3) is 11.5 Å². The van der Waals surface area contributed by atoms with Gasteiger partial charge in [0, 0.05) is 61.6 Å². The lowest BCUT2D eigenvalue weighted by atomic mass is 9.88. The van der Waals surface area contributed by atoms with Crippen molar-refractivity contribution in [1.29, 1.82) is 0 Å². The number of anilines is 1. The van der Waals surface area contributed by atoms with Crippen LogP contribution in [-0.4, -0.2) is 59.0 Å². The van der Waals surface area contributed by atoms with Gasteiger partial charge in [0.15, 0.2) is 0 Å². The van der Waals surface area contributed by atoms with Crippen LogP contribution in [0.2, 0.25) is 0 Å². The van der Waals surface area contributed by atoms with Gasteiger partial charge in [-0.2, -0.15) is 0 Å². The van der Waals surface area contributed by atoms with Gasteiger partial charge in [-0.3, -0.25) is 24.0 Å². The lowest BCUT2D eigenvalue weighted by Crippen LogP contribution is -2.34. The Labute approximate surface area is 212 Å². The average Bonchev–Trinajstić information content (AvgIpc) is 2.85. The van der Waals surface area contributed by atoms with Gasteiger partial charge in [0.1, 0.15) is 0 Å². The highest BCUT2D eigenvalue weighted by Gasteiger charge is 2.21. The Hall–Kier alpha value is -3.71. The number of amides is 1. The first kappa shape index (κ1) is 25.4. The third kappa shape index (κ3) is 5.74. The van der Waals surface area contributed by atoms with E-state index >= 15 is 0 Å². The molecule has 0 aliphatic carbocycles. The van der Waals surface area contributed by atoms with Crippen LogP contribution in [-0.2, 0) is 0 Å². The molecule has 1 saturated heterocycles. The number of nitrogen functional groups attached to an aromatic ring is 1. The third-order valence-corrected chi connectivity index (χ3v) is 6.86. The number of piperidine rings is 1. The average molecular weight is 486 g/mol. The molecule has 4 rings (SSSR count). The van der Waals surface area contributed by atoms with E-state index in [0.717, 1.165) is 55.0 Å². The number of hydrogen-bond donors (Lipinski definition) is 1. The molecule has 3 aromatic rings. The minimum Gasteiger partial charge on any atom is -0.399 e. The summed E-state index contributed by atoms with van der Waals surface area (Å²) in [6.45, 7) is 7.00. The van der Waals surface area contributed by atoms with Gasteiger partial charge in [-0.05, 0) is 75.5 Å². The highest BCUT2D eigenvalue weighted by molar-refractivity contribution is 5.93. The van der Waals surface area contributed by atoms with Crippen molar-refractivity contribution in [2.45, 2.75) is 32.6 Å². The van der Waals surface area contributed by atoms with Crippen LogP contribution < -0.4 is 11.3 Å². The van der Waals surface area contributed by atoms with E-state index in [1.165, 1.54) is 17.2 Å². The number of aromatic nitrogens is 2. The van der Waals surface area contributed by atoms with E-state index < -0.39 is 0 Å². The summed E-state index contributed by atoms with van der Waals surface area (Å²) in [5.74, 6) is 0.547. The van der Waals surface area contributed by atoms with E-state index in [-0.39, 0.29) is 11.5 Å². The fourth-order valence-corrected chi connectivity index (χ4v) is 4.87. The number of aryl methyl sites for hydroxylation is 1. The Morgan fingerprint density at radius 2 is 1.83 bits per heavy atom. The molecule has 7 heteroatoms. The Morgan fingerprint density at radius 1 is 1.14 bits per heavy atom. The number of nitrogens with zero attached hydrogens (tertiary/aromatic N) is 4. The maximum Gasteiger partial charge on any atom is 0.257 e. The molecule has 188 valence electrons. The van der Waals surface area contributed by atoms with Crippen molar-refractivity contribution in [3.63, 3.8) is 0 Å². The summed E-state index contributed by atoms with van der Waals surface area (Å²) in [5.41, 5.74) is 12.0. The van der Waals surface area contributed by atoms with Gasteiger partial charge < -0.3 is 10.6 Å². The summed E-state index contributed by atoms with van der Waals surface area (Å²) >= 11 is 0. The van der Waals surface area contributed by atoms with E-state index in [1.807, 2.05) is 25.1 Å². The topological polar surface area (TPSA) is 84.5 Å². The zero-order chi connectivity index (χ0) is 25.8. The summed E-state index contributed by atoms with van der Waals surface area (Å²) in [4.78, 5) is 33.2. The number of carbonyl (C=O) groups excluding carboxylic acids is 1. The molecule has 1 aromatic carbocycles. The molecule has 0 spiro atoms. The molecule has 1 fully saturated rings. The predicted molar refractivity (Wildman–Crippen MR) is 146 cm³/mol. The molecule has 0 radical (unpaired) electrons. The minimum atomic E-state index is -0.158. The molecule has 0 bridgehead atoms. The number of pyridine rings is 2. The summed E-state index contributed by atoms with van der Waals surface area (Å²) in [6, 6.07) is 13.1. The van der Waals surface area contributed by atoms with Crippen molar-refractivity contribution >= 4 is 17.7 Å². The molecule has 1 amide bonds. The Kier molecular flexibility index (Phi) is 7.70. The smallest absolute Gasteiger partial charge is 0.257 e. The van der Waals surface area contributed by atoms with Crippen molar-refractivity contribution < 1.29 is 4.79 Å². The van der Waals surface area contributed by atoms with Crippen molar-refractivity contribution in [2.24, 2.45) is 0 Å². The van der Waals surface area contributed by atoms with Gasteiger partial charge >= 0.3 is 0 Å². The molecule has 2 aromatic heterocycles. The monoisotopic (exact) mass is 485 g/mol. The summed E-state index contributed by atoms with van der Waals surface area (Å²) in [6.07, 6.45) is 7.77. The molecule has 1 aliphatic heterocycles. The highest BCUT2D eigenvalue weighted by atomic mass is 16.2. The highest BCUT2D eigenvalue weighted by Crippen LogP contribution is 2.29. The largest absolute Gasteiger partial charge is 0.399 e. The van der Waals surface area contributed by atoms with Crippen molar-refractivity contribution in [3.8, 4) is 5.69 Å². The van der Waals surface area contributed by atoms with E-state index in [2.05, 4.69) is 35.0 Å². The zero-order valence-corrected chi connectivity index (χ0v) is 21.6. The first-order valence-electron chi connectivity index (χ1n) is 12.4. The lowest BCUT2D eigenvalue weighted by molar-refractivity contribution is 0.0827.